The second-order valence-corrected chi connectivity index (χ2v) is 10.6. The average Bonchev–Trinajstić information content (AvgIpc) is 2.82. The van der Waals surface area contributed by atoms with Crippen LogP contribution in [-0.2, 0) is 10.0 Å². The minimum atomic E-state index is -3.67. The molecule has 3 aromatic rings. The van der Waals surface area contributed by atoms with Crippen LogP contribution in [0.15, 0.2) is 71.6 Å². The summed E-state index contributed by atoms with van der Waals surface area (Å²) in [6.07, 6.45) is 0.959. The van der Waals surface area contributed by atoms with E-state index in [0.29, 0.717) is 12.5 Å². The van der Waals surface area contributed by atoms with Crippen LogP contribution in [0.3, 0.4) is 0 Å². The van der Waals surface area contributed by atoms with Crippen molar-refractivity contribution in [3.05, 3.63) is 99.6 Å². The smallest absolute Gasteiger partial charge is 0.252 e. The maximum Gasteiger partial charge on any atom is 0.252 e. The van der Waals surface area contributed by atoms with Gasteiger partial charge < -0.3 is 5.32 Å². The Balaban J connectivity index is 1.41. The van der Waals surface area contributed by atoms with Gasteiger partial charge in [-0.3, -0.25) is 4.79 Å². The molecule has 2 bridgehead atoms. The summed E-state index contributed by atoms with van der Waals surface area (Å²) in [6, 6.07) is 21.3. The number of benzene rings is 3. The lowest BCUT2D eigenvalue weighted by atomic mass is 9.59. The summed E-state index contributed by atoms with van der Waals surface area (Å²) < 4.78 is 26.5. The van der Waals surface area contributed by atoms with Gasteiger partial charge in [-0.25, -0.2) is 13.1 Å². The van der Waals surface area contributed by atoms with E-state index in [1.54, 1.807) is 0 Å². The Morgan fingerprint density at radius 3 is 2.16 bits per heavy atom. The molecule has 2 N–H and O–H groups in total. The lowest BCUT2D eigenvalue weighted by Gasteiger charge is -2.45. The third-order valence-electron chi connectivity index (χ3n) is 6.71. The first-order valence-corrected chi connectivity index (χ1v) is 12.5. The molecule has 3 aromatic carbocycles. The summed E-state index contributed by atoms with van der Waals surface area (Å²) in [6.45, 7) is 0.488. The molecule has 0 heterocycles. The summed E-state index contributed by atoms with van der Waals surface area (Å²) in [4.78, 5) is 13.0. The van der Waals surface area contributed by atoms with Crippen molar-refractivity contribution in [3.8, 4) is 0 Å². The third kappa shape index (κ3) is 3.43. The lowest BCUT2D eigenvalue weighted by molar-refractivity contribution is 0.0943. The van der Waals surface area contributed by atoms with Gasteiger partial charge in [-0.2, -0.15) is 0 Å². The van der Waals surface area contributed by atoms with E-state index in [4.69, 9.17) is 11.6 Å². The van der Waals surface area contributed by atoms with Gasteiger partial charge in [0.1, 0.15) is 0 Å². The molecule has 1 atom stereocenters. The largest absolute Gasteiger partial charge is 0.352 e. The quantitative estimate of drug-likeness (QED) is 0.589. The highest BCUT2D eigenvalue weighted by Crippen LogP contribution is 2.55. The van der Waals surface area contributed by atoms with Crippen molar-refractivity contribution in [3.63, 3.8) is 0 Å². The van der Waals surface area contributed by atoms with Crippen LogP contribution >= 0.6 is 11.6 Å². The number of sulfonamides is 1. The maximum absolute atomic E-state index is 13.0. The molecule has 0 radical (unpaired) electrons. The molecule has 0 saturated carbocycles. The van der Waals surface area contributed by atoms with Gasteiger partial charge >= 0.3 is 0 Å². The molecule has 0 spiro atoms. The van der Waals surface area contributed by atoms with Gasteiger partial charge in [-0.1, -0.05) is 60.1 Å². The molecule has 5 nitrogen and oxygen atoms in total. The first-order valence-electron chi connectivity index (χ1n) is 10.6. The van der Waals surface area contributed by atoms with Crippen molar-refractivity contribution in [2.75, 3.05) is 13.6 Å². The number of nitrogens with one attached hydrogen (secondary N) is 2. The van der Waals surface area contributed by atoms with Crippen LogP contribution in [0.1, 0.15) is 50.9 Å². The Hall–Kier alpha value is -2.67. The molecule has 164 valence electrons. The maximum atomic E-state index is 13.0. The molecule has 0 fully saturated rings. The van der Waals surface area contributed by atoms with E-state index < -0.39 is 10.0 Å². The van der Waals surface area contributed by atoms with Crippen molar-refractivity contribution >= 4 is 27.5 Å². The van der Waals surface area contributed by atoms with E-state index in [-0.39, 0.29) is 33.2 Å². The van der Waals surface area contributed by atoms with Crippen LogP contribution in [0.4, 0.5) is 0 Å². The molecular formula is C25H23ClN2O3S. The number of hydrogen-bond donors (Lipinski definition) is 2. The summed E-state index contributed by atoms with van der Waals surface area (Å²) >= 11 is 6.23. The molecule has 6 rings (SSSR count). The number of hydrogen-bond acceptors (Lipinski definition) is 3. The Bertz CT molecular complexity index is 1270. The fourth-order valence-corrected chi connectivity index (χ4v) is 6.20. The van der Waals surface area contributed by atoms with E-state index >= 15 is 0 Å². The van der Waals surface area contributed by atoms with Gasteiger partial charge in [0.25, 0.3) is 5.91 Å². The fraction of sp³-hybridized carbons (Fsp3) is 0.240. The topological polar surface area (TPSA) is 75.3 Å². The zero-order chi connectivity index (χ0) is 22.5. The Labute approximate surface area is 192 Å². The molecule has 1 amide bonds. The van der Waals surface area contributed by atoms with Crippen molar-refractivity contribution in [2.45, 2.75) is 23.2 Å². The van der Waals surface area contributed by atoms with Gasteiger partial charge in [0.15, 0.2) is 0 Å². The predicted molar refractivity (Wildman–Crippen MR) is 125 cm³/mol. The van der Waals surface area contributed by atoms with Crippen LogP contribution in [0.2, 0.25) is 5.02 Å². The second kappa shape index (κ2) is 8.03. The minimum Gasteiger partial charge on any atom is -0.352 e. The van der Waals surface area contributed by atoms with Crippen molar-refractivity contribution in [2.24, 2.45) is 5.92 Å². The molecule has 1 unspecified atom stereocenters. The number of amides is 1. The van der Waals surface area contributed by atoms with E-state index in [2.05, 4.69) is 58.6 Å². The monoisotopic (exact) mass is 466 g/mol. The number of carbonyl (C=O) groups excluding carboxylic acids is 1. The van der Waals surface area contributed by atoms with Gasteiger partial charge in [0, 0.05) is 18.4 Å². The molecule has 0 aliphatic heterocycles. The van der Waals surface area contributed by atoms with E-state index in [0.717, 1.165) is 6.42 Å². The van der Waals surface area contributed by atoms with Crippen LogP contribution < -0.4 is 10.0 Å². The summed E-state index contributed by atoms with van der Waals surface area (Å²) in [5.41, 5.74) is 5.59. The Morgan fingerprint density at radius 1 is 0.969 bits per heavy atom. The third-order valence-corrected chi connectivity index (χ3v) is 8.45. The van der Waals surface area contributed by atoms with Gasteiger partial charge in [0.2, 0.25) is 10.0 Å². The highest BCUT2D eigenvalue weighted by Gasteiger charge is 2.42. The van der Waals surface area contributed by atoms with Crippen molar-refractivity contribution in [1.29, 1.82) is 0 Å². The van der Waals surface area contributed by atoms with Gasteiger partial charge in [0.05, 0.1) is 15.5 Å². The highest BCUT2D eigenvalue weighted by molar-refractivity contribution is 7.89. The van der Waals surface area contributed by atoms with Crippen LogP contribution in [0.5, 0.6) is 0 Å². The number of carbonyl (C=O) groups is 1. The van der Waals surface area contributed by atoms with Crippen molar-refractivity contribution < 1.29 is 13.2 Å². The van der Waals surface area contributed by atoms with Gasteiger partial charge in [-0.15, -0.1) is 0 Å². The number of rotatable bonds is 5. The molecular weight excluding hydrogens is 444 g/mol. The van der Waals surface area contributed by atoms with Crippen molar-refractivity contribution in [1.82, 2.24) is 10.0 Å². The first kappa shape index (κ1) is 21.2. The van der Waals surface area contributed by atoms with E-state index in [1.807, 2.05) is 0 Å². The zero-order valence-corrected chi connectivity index (χ0v) is 19.1. The SMILES string of the molecule is CNS(=O)(=O)c1ccc(Cl)c(C(=O)NCC2CC3c4ccccc4C2c2ccccc23)c1. The number of halogens is 1. The zero-order valence-electron chi connectivity index (χ0n) is 17.5. The molecule has 3 aliphatic rings. The minimum absolute atomic E-state index is 0.00845. The summed E-state index contributed by atoms with van der Waals surface area (Å²) in [5, 5.41) is 3.23. The molecule has 32 heavy (non-hydrogen) atoms. The van der Waals surface area contributed by atoms with Gasteiger partial charge in [-0.05, 0) is 59.8 Å². The van der Waals surface area contributed by atoms with Crippen LogP contribution in [0, 0.1) is 5.92 Å². The Kier molecular flexibility index (Phi) is 5.32. The lowest BCUT2D eigenvalue weighted by Crippen LogP contribution is -2.39. The molecule has 0 saturated heterocycles. The molecule has 0 aromatic heterocycles. The van der Waals surface area contributed by atoms with Crippen LogP contribution in [-0.4, -0.2) is 27.9 Å². The average molecular weight is 467 g/mol. The standard InChI is InChI=1S/C25H23ClN2O3S/c1-27-32(30,31)16-10-11-23(26)22(13-16)25(29)28-14-15-12-21-17-6-2-4-8-19(17)24(15)20-9-5-3-7-18(20)21/h2-11,13,15,21,24,27H,12,14H2,1H3,(H,28,29). The summed E-state index contributed by atoms with van der Waals surface area (Å²) in [7, 11) is -2.34. The molecule has 3 aliphatic carbocycles. The van der Waals surface area contributed by atoms with E-state index in [1.165, 1.54) is 47.5 Å². The van der Waals surface area contributed by atoms with Crippen LogP contribution in [0.25, 0.3) is 0 Å². The Morgan fingerprint density at radius 2 is 1.56 bits per heavy atom. The highest BCUT2D eigenvalue weighted by atomic mass is 35.5. The summed E-state index contributed by atoms with van der Waals surface area (Å²) in [5.74, 6) is 0.420. The second-order valence-electron chi connectivity index (χ2n) is 8.34. The normalized spacial score (nSPS) is 21.0. The number of fused-ring (bicyclic) bond motifs is 1. The fourth-order valence-electron chi connectivity index (χ4n) is 5.24. The van der Waals surface area contributed by atoms with E-state index in [9.17, 15) is 13.2 Å². The molecule has 7 heteroatoms. The first-order chi connectivity index (χ1) is 15.4. The predicted octanol–water partition coefficient (Wildman–Crippen LogP) is 4.28.